The van der Waals surface area contributed by atoms with Crippen molar-refractivity contribution in [1.82, 2.24) is 0 Å². The summed E-state index contributed by atoms with van der Waals surface area (Å²) in [6.07, 6.45) is 1.89. The monoisotopic (exact) mass is 406 g/mol. The first-order chi connectivity index (χ1) is 14.0. The number of sulfone groups is 1. The molecule has 0 amide bonds. The van der Waals surface area contributed by atoms with Gasteiger partial charge in [-0.15, -0.1) is 0 Å². The largest absolute Gasteiger partial charge is 0.456 e. The molecule has 0 radical (unpaired) electrons. The molecule has 2 aliphatic heterocycles. The Bertz CT molecular complexity index is 1240. The lowest BCUT2D eigenvalue weighted by Crippen LogP contribution is -2.09. The molecule has 6 heteroatoms. The molecule has 0 saturated heterocycles. The van der Waals surface area contributed by atoms with Gasteiger partial charge in [0.15, 0.2) is 21.3 Å². The van der Waals surface area contributed by atoms with Crippen LogP contribution >= 0.6 is 0 Å². The van der Waals surface area contributed by atoms with Gasteiger partial charge < -0.3 is 14.2 Å². The average molecular weight is 406 g/mol. The minimum Gasteiger partial charge on any atom is -0.456 e. The third kappa shape index (κ3) is 3.25. The molecule has 0 spiro atoms. The predicted molar refractivity (Wildman–Crippen MR) is 110 cm³/mol. The van der Waals surface area contributed by atoms with E-state index in [9.17, 15) is 8.42 Å². The summed E-state index contributed by atoms with van der Waals surface area (Å²) in [5.74, 6) is 2.95. The zero-order valence-electron chi connectivity index (χ0n) is 15.7. The Morgan fingerprint density at radius 1 is 0.793 bits per heavy atom. The summed E-state index contributed by atoms with van der Waals surface area (Å²) in [6.45, 7) is 0.219. The molecule has 2 aliphatic rings. The fourth-order valence-corrected chi connectivity index (χ4v) is 4.23. The second-order valence-electron chi connectivity index (χ2n) is 7.06. The van der Waals surface area contributed by atoms with Crippen molar-refractivity contribution in [3.8, 4) is 17.2 Å². The topological polar surface area (TPSA) is 61.8 Å². The lowest BCUT2D eigenvalue weighted by molar-refractivity contribution is 0.174. The standard InChI is InChI=1S/C23H18O5S/c1-29(24,25)18-9-6-15(7-10-18)23-19(12-17-4-2-3-5-20(17)28-23)16-8-11-21-22(13-16)27-14-26-21/h2-11,13H,12,14H2,1H3. The molecular formula is C23H18O5S. The van der Waals surface area contributed by atoms with E-state index >= 15 is 0 Å². The summed E-state index contributed by atoms with van der Waals surface area (Å²) in [5, 5.41) is 0. The molecule has 0 bridgehead atoms. The van der Waals surface area contributed by atoms with Crippen LogP contribution in [0.3, 0.4) is 0 Å². The Hall–Kier alpha value is -3.25. The van der Waals surface area contributed by atoms with E-state index in [4.69, 9.17) is 14.2 Å². The Labute approximate surface area is 169 Å². The van der Waals surface area contributed by atoms with Crippen molar-refractivity contribution < 1.29 is 22.6 Å². The molecule has 146 valence electrons. The molecule has 3 aromatic carbocycles. The molecule has 0 aliphatic carbocycles. The lowest BCUT2D eigenvalue weighted by Gasteiger charge is -2.24. The Balaban J connectivity index is 1.65. The van der Waals surface area contributed by atoms with Crippen LogP contribution in [0.1, 0.15) is 16.7 Å². The molecule has 2 heterocycles. The summed E-state index contributed by atoms with van der Waals surface area (Å²) < 4.78 is 40.9. The van der Waals surface area contributed by atoms with Crippen LogP contribution in [0.2, 0.25) is 0 Å². The predicted octanol–water partition coefficient (Wildman–Crippen LogP) is 4.32. The van der Waals surface area contributed by atoms with Gasteiger partial charge in [0.05, 0.1) is 4.90 Å². The van der Waals surface area contributed by atoms with Crippen LogP contribution in [0.5, 0.6) is 17.2 Å². The van der Waals surface area contributed by atoms with Gasteiger partial charge in [-0.25, -0.2) is 8.42 Å². The minimum absolute atomic E-state index is 0.219. The number of hydrogen-bond donors (Lipinski definition) is 0. The molecule has 0 atom stereocenters. The van der Waals surface area contributed by atoms with Gasteiger partial charge in [0.2, 0.25) is 6.79 Å². The van der Waals surface area contributed by atoms with Crippen LogP contribution in [-0.2, 0) is 16.3 Å². The first-order valence-electron chi connectivity index (χ1n) is 9.18. The van der Waals surface area contributed by atoms with Crippen LogP contribution < -0.4 is 14.2 Å². The molecule has 3 aromatic rings. The van der Waals surface area contributed by atoms with Gasteiger partial charge in [-0.2, -0.15) is 0 Å². The molecule has 0 unspecified atom stereocenters. The van der Waals surface area contributed by atoms with Crippen LogP contribution in [0.25, 0.3) is 11.3 Å². The van der Waals surface area contributed by atoms with Gasteiger partial charge in [-0.3, -0.25) is 0 Å². The number of fused-ring (bicyclic) bond motifs is 2. The van der Waals surface area contributed by atoms with Crippen molar-refractivity contribution in [1.29, 1.82) is 0 Å². The van der Waals surface area contributed by atoms with Crippen LogP contribution in [0.4, 0.5) is 0 Å². The SMILES string of the molecule is CS(=O)(=O)c1ccc(C2=C(c3ccc4c(c3)OCO4)Cc3ccccc3O2)cc1. The van der Waals surface area contributed by atoms with Crippen molar-refractivity contribution in [2.45, 2.75) is 11.3 Å². The van der Waals surface area contributed by atoms with Gasteiger partial charge in [0.25, 0.3) is 0 Å². The second kappa shape index (κ2) is 6.67. The highest BCUT2D eigenvalue weighted by Crippen LogP contribution is 2.42. The molecule has 0 N–H and O–H groups in total. The highest BCUT2D eigenvalue weighted by molar-refractivity contribution is 7.90. The van der Waals surface area contributed by atoms with Gasteiger partial charge in [-0.05, 0) is 53.6 Å². The lowest BCUT2D eigenvalue weighted by atomic mass is 9.92. The van der Waals surface area contributed by atoms with E-state index < -0.39 is 9.84 Å². The summed E-state index contributed by atoms with van der Waals surface area (Å²) in [6, 6.07) is 20.6. The molecule has 29 heavy (non-hydrogen) atoms. The molecule has 0 saturated carbocycles. The van der Waals surface area contributed by atoms with Crippen molar-refractivity contribution in [2.24, 2.45) is 0 Å². The third-order valence-corrected chi connectivity index (χ3v) is 6.22. The van der Waals surface area contributed by atoms with E-state index in [1.54, 1.807) is 24.3 Å². The van der Waals surface area contributed by atoms with E-state index in [0.29, 0.717) is 17.9 Å². The zero-order valence-corrected chi connectivity index (χ0v) is 16.5. The minimum atomic E-state index is -3.26. The number of hydrogen-bond acceptors (Lipinski definition) is 5. The van der Waals surface area contributed by atoms with Crippen LogP contribution in [-0.4, -0.2) is 21.5 Å². The zero-order chi connectivity index (χ0) is 20.0. The van der Waals surface area contributed by atoms with Gasteiger partial charge >= 0.3 is 0 Å². The summed E-state index contributed by atoms with van der Waals surface area (Å²) in [5.41, 5.74) is 3.90. The number of rotatable bonds is 3. The Kier molecular flexibility index (Phi) is 4.10. The fraction of sp³-hybridized carbons (Fsp3) is 0.130. The van der Waals surface area contributed by atoms with Gasteiger partial charge in [0, 0.05) is 23.8 Å². The molecule has 0 fully saturated rings. The smallest absolute Gasteiger partial charge is 0.231 e. The normalized spacial score (nSPS) is 15.1. The fourth-order valence-electron chi connectivity index (χ4n) is 3.60. The maximum absolute atomic E-state index is 11.8. The van der Waals surface area contributed by atoms with Crippen molar-refractivity contribution in [2.75, 3.05) is 13.0 Å². The van der Waals surface area contributed by atoms with Crippen molar-refractivity contribution in [3.05, 3.63) is 83.4 Å². The Morgan fingerprint density at radius 2 is 1.52 bits per heavy atom. The summed E-state index contributed by atoms with van der Waals surface area (Å²) in [4.78, 5) is 0.280. The first kappa shape index (κ1) is 17.8. The quantitative estimate of drug-likeness (QED) is 0.648. The second-order valence-corrected chi connectivity index (χ2v) is 9.07. The maximum Gasteiger partial charge on any atom is 0.231 e. The highest BCUT2D eigenvalue weighted by Gasteiger charge is 2.24. The van der Waals surface area contributed by atoms with E-state index in [1.165, 1.54) is 6.26 Å². The van der Waals surface area contributed by atoms with Crippen molar-refractivity contribution >= 4 is 21.2 Å². The summed E-state index contributed by atoms with van der Waals surface area (Å²) in [7, 11) is -3.26. The van der Waals surface area contributed by atoms with E-state index in [-0.39, 0.29) is 11.7 Å². The number of benzene rings is 3. The highest BCUT2D eigenvalue weighted by atomic mass is 32.2. The average Bonchev–Trinajstić information content (AvgIpc) is 3.20. The number of para-hydroxylation sites is 1. The van der Waals surface area contributed by atoms with Gasteiger partial charge in [-0.1, -0.05) is 24.3 Å². The number of ether oxygens (including phenoxy) is 3. The summed E-state index contributed by atoms with van der Waals surface area (Å²) >= 11 is 0. The van der Waals surface area contributed by atoms with E-state index in [1.807, 2.05) is 42.5 Å². The first-order valence-corrected chi connectivity index (χ1v) is 11.1. The van der Waals surface area contributed by atoms with Crippen molar-refractivity contribution in [3.63, 3.8) is 0 Å². The molecule has 5 rings (SSSR count). The van der Waals surface area contributed by atoms with E-state index in [2.05, 4.69) is 0 Å². The maximum atomic E-state index is 11.8. The molecule has 5 nitrogen and oxygen atoms in total. The third-order valence-electron chi connectivity index (χ3n) is 5.09. The van der Waals surface area contributed by atoms with E-state index in [0.717, 1.165) is 33.8 Å². The van der Waals surface area contributed by atoms with Crippen LogP contribution in [0.15, 0.2) is 71.6 Å². The van der Waals surface area contributed by atoms with Crippen LogP contribution in [0, 0.1) is 0 Å². The number of allylic oxidation sites excluding steroid dienone is 1. The van der Waals surface area contributed by atoms with Gasteiger partial charge in [0.1, 0.15) is 11.5 Å². The molecule has 0 aromatic heterocycles. The molecular weight excluding hydrogens is 388 g/mol. The Morgan fingerprint density at radius 3 is 2.31 bits per heavy atom.